The SMILES string of the molecule is CCCCCc1nnc(NC(=O)/C=C/c2ccc(OC)cc2OC)s1. The lowest BCUT2D eigenvalue weighted by molar-refractivity contribution is -0.111. The van der Waals surface area contributed by atoms with Crippen molar-refractivity contribution in [3.05, 3.63) is 34.8 Å². The van der Waals surface area contributed by atoms with Crippen LogP contribution in [0.25, 0.3) is 6.08 Å². The number of benzene rings is 1. The maximum absolute atomic E-state index is 12.1. The summed E-state index contributed by atoms with van der Waals surface area (Å²) < 4.78 is 10.5. The lowest BCUT2D eigenvalue weighted by Crippen LogP contribution is -2.07. The summed E-state index contributed by atoms with van der Waals surface area (Å²) in [6.07, 6.45) is 7.48. The Kier molecular flexibility index (Phi) is 7.40. The van der Waals surface area contributed by atoms with E-state index in [4.69, 9.17) is 9.47 Å². The molecule has 1 heterocycles. The molecule has 25 heavy (non-hydrogen) atoms. The van der Waals surface area contributed by atoms with Gasteiger partial charge in [0.25, 0.3) is 0 Å². The van der Waals surface area contributed by atoms with Gasteiger partial charge in [-0.15, -0.1) is 10.2 Å². The zero-order valence-electron chi connectivity index (χ0n) is 14.7. The highest BCUT2D eigenvalue weighted by atomic mass is 32.1. The number of unbranched alkanes of at least 4 members (excludes halogenated alkanes) is 2. The second-order valence-corrected chi connectivity index (χ2v) is 6.45. The molecule has 0 bridgehead atoms. The molecule has 134 valence electrons. The van der Waals surface area contributed by atoms with Crippen LogP contribution in [0.4, 0.5) is 5.13 Å². The van der Waals surface area contributed by atoms with E-state index in [1.54, 1.807) is 26.4 Å². The van der Waals surface area contributed by atoms with Crippen molar-refractivity contribution in [2.75, 3.05) is 19.5 Å². The van der Waals surface area contributed by atoms with Gasteiger partial charge in [0, 0.05) is 24.1 Å². The van der Waals surface area contributed by atoms with E-state index in [9.17, 15) is 4.79 Å². The molecule has 1 amide bonds. The van der Waals surface area contributed by atoms with Crippen LogP contribution in [-0.4, -0.2) is 30.3 Å². The van der Waals surface area contributed by atoms with E-state index < -0.39 is 0 Å². The monoisotopic (exact) mass is 361 g/mol. The maximum Gasteiger partial charge on any atom is 0.250 e. The van der Waals surface area contributed by atoms with Crippen LogP contribution < -0.4 is 14.8 Å². The number of aryl methyl sites for hydroxylation is 1. The number of nitrogens with zero attached hydrogens (tertiary/aromatic N) is 2. The number of rotatable bonds is 9. The highest BCUT2D eigenvalue weighted by molar-refractivity contribution is 7.15. The van der Waals surface area contributed by atoms with Crippen LogP contribution in [0.1, 0.15) is 36.8 Å². The highest BCUT2D eigenvalue weighted by Gasteiger charge is 2.07. The van der Waals surface area contributed by atoms with Gasteiger partial charge in [0.15, 0.2) is 0 Å². The number of methoxy groups -OCH3 is 2. The average Bonchev–Trinajstić information content (AvgIpc) is 3.07. The third-order valence-corrected chi connectivity index (χ3v) is 4.44. The second kappa shape index (κ2) is 9.78. The van der Waals surface area contributed by atoms with E-state index in [2.05, 4.69) is 22.4 Å². The van der Waals surface area contributed by atoms with Crippen molar-refractivity contribution >= 4 is 28.5 Å². The van der Waals surface area contributed by atoms with Gasteiger partial charge in [-0.25, -0.2) is 0 Å². The van der Waals surface area contributed by atoms with Crippen LogP contribution in [0, 0.1) is 0 Å². The minimum absolute atomic E-state index is 0.255. The lowest BCUT2D eigenvalue weighted by atomic mass is 10.1. The van der Waals surface area contributed by atoms with Crippen LogP contribution in [0.3, 0.4) is 0 Å². The fourth-order valence-corrected chi connectivity index (χ4v) is 2.98. The summed E-state index contributed by atoms with van der Waals surface area (Å²) in [6.45, 7) is 2.16. The normalized spacial score (nSPS) is 10.8. The third-order valence-electron chi connectivity index (χ3n) is 3.55. The first kappa shape index (κ1) is 18.9. The van der Waals surface area contributed by atoms with Crippen molar-refractivity contribution in [1.82, 2.24) is 10.2 Å². The van der Waals surface area contributed by atoms with Gasteiger partial charge in [-0.3, -0.25) is 10.1 Å². The molecule has 0 aliphatic rings. The molecule has 2 aromatic rings. The molecule has 6 nitrogen and oxygen atoms in total. The number of hydrogen-bond donors (Lipinski definition) is 1. The topological polar surface area (TPSA) is 73.3 Å². The Morgan fingerprint density at radius 2 is 2.08 bits per heavy atom. The lowest BCUT2D eigenvalue weighted by Gasteiger charge is -2.07. The van der Waals surface area contributed by atoms with Crippen molar-refractivity contribution in [3.63, 3.8) is 0 Å². The predicted octanol–water partition coefficient (Wildman–Crippen LogP) is 3.94. The molecule has 0 unspecified atom stereocenters. The van der Waals surface area contributed by atoms with Crippen LogP contribution >= 0.6 is 11.3 Å². The van der Waals surface area contributed by atoms with Crippen molar-refractivity contribution in [2.45, 2.75) is 32.6 Å². The van der Waals surface area contributed by atoms with Gasteiger partial charge in [0.1, 0.15) is 16.5 Å². The number of nitrogens with one attached hydrogen (secondary N) is 1. The van der Waals surface area contributed by atoms with Gasteiger partial charge in [0.05, 0.1) is 14.2 Å². The van der Waals surface area contributed by atoms with E-state index in [0.717, 1.165) is 23.4 Å². The molecular weight excluding hydrogens is 338 g/mol. The Labute approximate surface area is 151 Å². The summed E-state index contributed by atoms with van der Waals surface area (Å²) in [5.41, 5.74) is 0.788. The van der Waals surface area contributed by atoms with E-state index >= 15 is 0 Å². The molecule has 0 atom stereocenters. The van der Waals surface area contributed by atoms with Crippen LogP contribution in [-0.2, 0) is 11.2 Å². The molecule has 0 aliphatic carbocycles. The Hall–Kier alpha value is -2.41. The first-order valence-corrected chi connectivity index (χ1v) is 9.01. The molecular formula is C18H23N3O3S. The Morgan fingerprint density at radius 3 is 2.80 bits per heavy atom. The molecule has 0 radical (unpaired) electrons. The molecule has 7 heteroatoms. The number of ether oxygens (including phenoxy) is 2. The van der Waals surface area contributed by atoms with Gasteiger partial charge in [0.2, 0.25) is 11.0 Å². The Morgan fingerprint density at radius 1 is 1.24 bits per heavy atom. The molecule has 2 rings (SSSR count). The minimum atomic E-state index is -0.255. The fraction of sp³-hybridized carbons (Fsp3) is 0.389. The number of carbonyl (C=O) groups is 1. The fourth-order valence-electron chi connectivity index (χ4n) is 2.20. The maximum atomic E-state index is 12.1. The van der Waals surface area contributed by atoms with Crippen LogP contribution in [0.2, 0.25) is 0 Å². The molecule has 0 spiro atoms. The molecule has 0 saturated heterocycles. The smallest absolute Gasteiger partial charge is 0.250 e. The van der Waals surface area contributed by atoms with Gasteiger partial charge in [-0.1, -0.05) is 31.1 Å². The molecule has 1 N–H and O–H groups in total. The molecule has 0 aliphatic heterocycles. The molecule has 0 fully saturated rings. The summed E-state index contributed by atoms with van der Waals surface area (Å²) in [6, 6.07) is 5.41. The van der Waals surface area contributed by atoms with E-state index in [-0.39, 0.29) is 5.91 Å². The van der Waals surface area contributed by atoms with Crippen molar-refractivity contribution in [1.29, 1.82) is 0 Å². The summed E-state index contributed by atoms with van der Waals surface area (Å²) >= 11 is 1.42. The zero-order chi connectivity index (χ0) is 18.1. The number of carbonyl (C=O) groups excluding carboxylic acids is 1. The summed E-state index contributed by atoms with van der Waals surface area (Å²) in [7, 11) is 3.17. The van der Waals surface area contributed by atoms with Gasteiger partial charge >= 0.3 is 0 Å². The van der Waals surface area contributed by atoms with Crippen molar-refractivity contribution < 1.29 is 14.3 Å². The zero-order valence-corrected chi connectivity index (χ0v) is 15.6. The van der Waals surface area contributed by atoms with Crippen LogP contribution in [0.15, 0.2) is 24.3 Å². The highest BCUT2D eigenvalue weighted by Crippen LogP contribution is 2.25. The quantitative estimate of drug-likeness (QED) is 0.541. The van der Waals surface area contributed by atoms with Gasteiger partial charge in [-0.05, 0) is 24.6 Å². The Balaban J connectivity index is 1.94. The number of anilines is 1. The van der Waals surface area contributed by atoms with Gasteiger partial charge < -0.3 is 9.47 Å². The van der Waals surface area contributed by atoms with E-state index in [0.29, 0.717) is 16.6 Å². The summed E-state index contributed by atoms with van der Waals surface area (Å²) in [4.78, 5) is 12.1. The standard InChI is InChI=1S/C18H23N3O3S/c1-4-5-6-7-17-20-21-18(25-17)19-16(22)11-9-13-8-10-14(23-2)12-15(13)24-3/h8-12H,4-7H2,1-3H3,(H,19,21,22)/b11-9+. The number of hydrogen-bond acceptors (Lipinski definition) is 6. The third kappa shape index (κ3) is 5.86. The number of amides is 1. The predicted molar refractivity (Wildman–Crippen MR) is 100 cm³/mol. The Bertz CT molecular complexity index is 728. The number of aromatic nitrogens is 2. The second-order valence-electron chi connectivity index (χ2n) is 5.39. The summed E-state index contributed by atoms with van der Waals surface area (Å²) in [5.74, 6) is 1.08. The minimum Gasteiger partial charge on any atom is -0.497 e. The largest absolute Gasteiger partial charge is 0.497 e. The summed E-state index contributed by atoms with van der Waals surface area (Å²) in [5, 5.41) is 12.3. The average molecular weight is 361 g/mol. The van der Waals surface area contributed by atoms with Crippen molar-refractivity contribution in [3.8, 4) is 11.5 Å². The van der Waals surface area contributed by atoms with Gasteiger partial charge in [-0.2, -0.15) is 0 Å². The van der Waals surface area contributed by atoms with Crippen molar-refractivity contribution in [2.24, 2.45) is 0 Å². The van der Waals surface area contributed by atoms with E-state index in [1.165, 1.54) is 30.3 Å². The molecule has 1 aromatic carbocycles. The molecule has 1 aromatic heterocycles. The van der Waals surface area contributed by atoms with E-state index in [1.807, 2.05) is 12.1 Å². The van der Waals surface area contributed by atoms with Crippen LogP contribution in [0.5, 0.6) is 11.5 Å². The molecule has 0 saturated carbocycles. The first-order valence-electron chi connectivity index (χ1n) is 8.19. The first-order chi connectivity index (χ1) is 12.2.